The highest BCUT2D eigenvalue weighted by atomic mass is 16.4. The topological polar surface area (TPSA) is 67.2 Å². The van der Waals surface area contributed by atoms with Gasteiger partial charge >= 0.3 is 5.97 Å². The largest absolute Gasteiger partial charge is 0.478 e. The van der Waals surface area contributed by atoms with E-state index in [0.29, 0.717) is 5.69 Å². The van der Waals surface area contributed by atoms with E-state index in [9.17, 15) is 9.90 Å². The van der Waals surface area contributed by atoms with Crippen LogP contribution in [0.2, 0.25) is 0 Å². The van der Waals surface area contributed by atoms with Crippen molar-refractivity contribution in [1.82, 2.24) is 9.78 Å². The summed E-state index contributed by atoms with van der Waals surface area (Å²) in [7, 11) is 1.81. The Labute approximate surface area is 105 Å². The van der Waals surface area contributed by atoms with E-state index in [1.165, 1.54) is 0 Å². The van der Waals surface area contributed by atoms with Gasteiger partial charge in [-0.1, -0.05) is 12.1 Å². The lowest BCUT2D eigenvalue weighted by Crippen LogP contribution is -2.06. The highest BCUT2D eigenvalue weighted by Crippen LogP contribution is 2.25. The number of rotatable bonds is 3. The second kappa shape index (κ2) is 4.52. The first-order valence-corrected chi connectivity index (χ1v) is 5.59. The first kappa shape index (κ1) is 12.2. The second-order valence-corrected chi connectivity index (χ2v) is 4.22. The van der Waals surface area contributed by atoms with Crippen LogP contribution in [0, 0.1) is 13.8 Å². The van der Waals surface area contributed by atoms with Gasteiger partial charge in [0.1, 0.15) is 5.82 Å². The molecule has 0 atom stereocenters. The fourth-order valence-electron chi connectivity index (χ4n) is 1.87. The number of carboxylic acids is 1. The average Bonchev–Trinajstić information content (AvgIpc) is 2.60. The molecule has 0 saturated carbocycles. The lowest BCUT2D eigenvalue weighted by molar-refractivity contribution is 0.0698. The molecule has 0 radical (unpaired) electrons. The van der Waals surface area contributed by atoms with Crippen LogP contribution in [0.15, 0.2) is 24.3 Å². The molecule has 0 unspecified atom stereocenters. The minimum atomic E-state index is -0.944. The fraction of sp³-hybridized carbons (Fsp3) is 0.231. The lowest BCUT2D eigenvalue weighted by atomic mass is 10.1. The van der Waals surface area contributed by atoms with E-state index in [-0.39, 0.29) is 5.56 Å². The number of para-hydroxylation sites is 1. The van der Waals surface area contributed by atoms with Crippen molar-refractivity contribution in [2.75, 3.05) is 5.32 Å². The van der Waals surface area contributed by atoms with Crippen LogP contribution in [0.1, 0.15) is 21.6 Å². The molecule has 0 aliphatic rings. The van der Waals surface area contributed by atoms with Crippen LogP contribution in [-0.2, 0) is 7.05 Å². The number of aromatic carboxylic acids is 1. The Morgan fingerprint density at radius 1 is 1.39 bits per heavy atom. The molecule has 0 amide bonds. The summed E-state index contributed by atoms with van der Waals surface area (Å²) in [6, 6.07) is 7.06. The molecule has 18 heavy (non-hydrogen) atoms. The Hall–Kier alpha value is -2.30. The summed E-state index contributed by atoms with van der Waals surface area (Å²) >= 11 is 0. The summed E-state index contributed by atoms with van der Waals surface area (Å²) in [5.41, 5.74) is 2.63. The summed E-state index contributed by atoms with van der Waals surface area (Å²) in [6.45, 7) is 3.76. The van der Waals surface area contributed by atoms with E-state index in [2.05, 4.69) is 10.4 Å². The van der Waals surface area contributed by atoms with Gasteiger partial charge in [0.2, 0.25) is 0 Å². The van der Waals surface area contributed by atoms with Crippen LogP contribution in [-0.4, -0.2) is 20.9 Å². The van der Waals surface area contributed by atoms with Crippen LogP contribution in [0.25, 0.3) is 0 Å². The van der Waals surface area contributed by atoms with E-state index < -0.39 is 5.97 Å². The zero-order valence-corrected chi connectivity index (χ0v) is 10.6. The molecular formula is C13H15N3O2. The third-order valence-electron chi connectivity index (χ3n) is 2.76. The minimum absolute atomic E-state index is 0.258. The molecule has 5 nitrogen and oxygen atoms in total. The number of hydrogen-bond acceptors (Lipinski definition) is 3. The zero-order chi connectivity index (χ0) is 13.3. The number of hydrogen-bond donors (Lipinski definition) is 2. The van der Waals surface area contributed by atoms with E-state index in [1.54, 1.807) is 16.8 Å². The average molecular weight is 245 g/mol. The first-order chi connectivity index (χ1) is 8.49. The fourth-order valence-corrected chi connectivity index (χ4v) is 1.87. The molecule has 2 N–H and O–H groups in total. The van der Waals surface area contributed by atoms with Crippen molar-refractivity contribution in [2.45, 2.75) is 13.8 Å². The summed E-state index contributed by atoms with van der Waals surface area (Å²) in [5.74, 6) is -0.176. The van der Waals surface area contributed by atoms with Gasteiger partial charge in [-0.15, -0.1) is 0 Å². The molecule has 5 heteroatoms. The molecule has 0 fully saturated rings. The van der Waals surface area contributed by atoms with Crippen LogP contribution in [0.4, 0.5) is 11.5 Å². The maximum atomic E-state index is 11.2. The number of aryl methyl sites for hydroxylation is 3. The number of carboxylic acid groups (broad SMARTS) is 1. The van der Waals surface area contributed by atoms with Gasteiger partial charge in [0.05, 0.1) is 16.9 Å². The molecule has 2 rings (SSSR count). The summed E-state index contributed by atoms with van der Waals surface area (Å²) in [4.78, 5) is 11.2. The number of nitrogens with zero attached hydrogens (tertiary/aromatic N) is 2. The minimum Gasteiger partial charge on any atom is -0.478 e. The van der Waals surface area contributed by atoms with E-state index >= 15 is 0 Å². The lowest BCUT2D eigenvalue weighted by Gasteiger charge is -2.12. The Balaban J connectivity index is 2.45. The molecule has 0 bridgehead atoms. The number of benzene rings is 1. The molecule has 2 aromatic rings. The molecule has 1 heterocycles. The molecule has 0 aliphatic carbocycles. The van der Waals surface area contributed by atoms with Crippen molar-refractivity contribution in [3.05, 3.63) is 41.1 Å². The zero-order valence-electron chi connectivity index (χ0n) is 10.6. The second-order valence-electron chi connectivity index (χ2n) is 4.22. The van der Waals surface area contributed by atoms with Crippen LogP contribution in [0.3, 0.4) is 0 Å². The maximum Gasteiger partial charge on any atom is 0.337 e. The highest BCUT2D eigenvalue weighted by Gasteiger charge is 2.13. The number of anilines is 2. The number of carbonyl (C=O) groups is 1. The van der Waals surface area contributed by atoms with Crippen molar-refractivity contribution < 1.29 is 9.90 Å². The van der Waals surface area contributed by atoms with Gasteiger partial charge in [-0.05, 0) is 25.5 Å². The van der Waals surface area contributed by atoms with Gasteiger partial charge in [0.25, 0.3) is 0 Å². The smallest absolute Gasteiger partial charge is 0.337 e. The van der Waals surface area contributed by atoms with E-state index in [0.717, 1.165) is 17.1 Å². The molecule has 0 spiro atoms. The van der Waals surface area contributed by atoms with Crippen molar-refractivity contribution in [3.63, 3.8) is 0 Å². The van der Waals surface area contributed by atoms with Gasteiger partial charge in [0, 0.05) is 13.1 Å². The van der Waals surface area contributed by atoms with Crippen molar-refractivity contribution >= 4 is 17.5 Å². The normalized spacial score (nSPS) is 10.4. The monoisotopic (exact) mass is 245 g/mol. The van der Waals surface area contributed by atoms with Gasteiger partial charge in [-0.3, -0.25) is 4.68 Å². The molecule has 0 saturated heterocycles. The summed E-state index contributed by atoms with van der Waals surface area (Å²) in [5, 5.41) is 16.5. The van der Waals surface area contributed by atoms with Crippen LogP contribution in [0.5, 0.6) is 0 Å². The standard InChI is InChI=1S/C13H15N3O2/c1-8-5-4-6-10(13(17)18)12(8)14-11-7-9(2)15-16(11)3/h4-7,14H,1-3H3,(H,17,18). The number of aromatic nitrogens is 2. The first-order valence-electron chi connectivity index (χ1n) is 5.59. The Morgan fingerprint density at radius 2 is 2.11 bits per heavy atom. The van der Waals surface area contributed by atoms with Crippen LogP contribution >= 0.6 is 0 Å². The van der Waals surface area contributed by atoms with Crippen molar-refractivity contribution in [2.24, 2.45) is 7.05 Å². The quantitative estimate of drug-likeness (QED) is 0.871. The molecule has 0 aliphatic heterocycles. The van der Waals surface area contributed by atoms with Crippen molar-refractivity contribution in [3.8, 4) is 0 Å². The third kappa shape index (κ3) is 2.20. The van der Waals surface area contributed by atoms with E-state index in [1.807, 2.05) is 33.0 Å². The molecule has 1 aromatic heterocycles. The van der Waals surface area contributed by atoms with E-state index in [4.69, 9.17) is 0 Å². The van der Waals surface area contributed by atoms with Gasteiger partial charge < -0.3 is 10.4 Å². The van der Waals surface area contributed by atoms with Gasteiger partial charge in [-0.2, -0.15) is 5.10 Å². The van der Waals surface area contributed by atoms with Gasteiger partial charge in [0.15, 0.2) is 0 Å². The predicted octanol–water partition coefficient (Wildman–Crippen LogP) is 2.48. The van der Waals surface area contributed by atoms with Crippen LogP contribution < -0.4 is 5.32 Å². The SMILES string of the molecule is Cc1cc(Nc2c(C)cccc2C(=O)O)n(C)n1. The van der Waals surface area contributed by atoms with Crippen molar-refractivity contribution in [1.29, 1.82) is 0 Å². The Morgan fingerprint density at radius 3 is 2.67 bits per heavy atom. The summed E-state index contributed by atoms with van der Waals surface area (Å²) < 4.78 is 1.69. The Kier molecular flexibility index (Phi) is 3.06. The predicted molar refractivity (Wildman–Crippen MR) is 69.4 cm³/mol. The Bertz CT molecular complexity index is 602. The molecule has 1 aromatic carbocycles. The third-order valence-corrected chi connectivity index (χ3v) is 2.76. The maximum absolute atomic E-state index is 11.2. The summed E-state index contributed by atoms with van der Waals surface area (Å²) in [6.07, 6.45) is 0. The molecule has 94 valence electrons. The van der Waals surface area contributed by atoms with Gasteiger partial charge in [-0.25, -0.2) is 4.79 Å². The molecular weight excluding hydrogens is 230 g/mol. The number of nitrogens with one attached hydrogen (secondary N) is 1. The highest BCUT2D eigenvalue weighted by molar-refractivity contribution is 5.96.